The lowest BCUT2D eigenvalue weighted by atomic mass is 9.89. The molecule has 2 N–H and O–H groups in total. The normalized spacial score (nSPS) is 11.8. The Morgan fingerprint density at radius 2 is 1.32 bits per heavy atom. The van der Waals surface area contributed by atoms with E-state index in [1.165, 1.54) is 24.8 Å². The summed E-state index contributed by atoms with van der Waals surface area (Å²) in [5.41, 5.74) is 9.91. The van der Waals surface area contributed by atoms with Gasteiger partial charge in [-0.3, -0.25) is 0 Å². The summed E-state index contributed by atoms with van der Waals surface area (Å²) in [4.78, 5) is 0. The standard InChI is InChI=1S/C10H15N.C8H8/c11-9-5-4-8-10-6-2-1-3-7-10;1-2-4-8-6-5-7(8)3-1/h1-3,6-7H,4-5,8-9,11H2;1-4H,5-6H2. The number of hydrogen-bond donors (Lipinski definition) is 1. The zero-order valence-corrected chi connectivity index (χ0v) is 11.5. The van der Waals surface area contributed by atoms with Crippen molar-refractivity contribution in [3.8, 4) is 0 Å². The molecule has 2 aromatic carbocycles. The van der Waals surface area contributed by atoms with E-state index in [2.05, 4.69) is 48.5 Å². The van der Waals surface area contributed by atoms with E-state index in [0.29, 0.717) is 0 Å². The third kappa shape index (κ3) is 4.53. The van der Waals surface area contributed by atoms with Crippen LogP contribution in [-0.2, 0) is 19.3 Å². The second-order valence-corrected chi connectivity index (χ2v) is 5.00. The van der Waals surface area contributed by atoms with Crippen molar-refractivity contribution in [1.29, 1.82) is 0 Å². The van der Waals surface area contributed by atoms with Gasteiger partial charge in [0.15, 0.2) is 0 Å². The maximum absolute atomic E-state index is 5.39. The second kappa shape index (κ2) is 7.75. The maximum Gasteiger partial charge on any atom is -0.00772 e. The number of aryl methyl sites for hydroxylation is 3. The molecule has 0 atom stereocenters. The van der Waals surface area contributed by atoms with Gasteiger partial charge in [-0.25, -0.2) is 0 Å². The van der Waals surface area contributed by atoms with Crippen molar-refractivity contribution in [3.05, 3.63) is 71.3 Å². The monoisotopic (exact) mass is 253 g/mol. The Morgan fingerprint density at radius 3 is 1.79 bits per heavy atom. The molecular weight excluding hydrogens is 230 g/mol. The van der Waals surface area contributed by atoms with Crippen LogP contribution in [0.25, 0.3) is 0 Å². The van der Waals surface area contributed by atoms with E-state index in [9.17, 15) is 0 Å². The van der Waals surface area contributed by atoms with Gasteiger partial charge in [0.25, 0.3) is 0 Å². The Bertz CT molecular complexity index is 453. The second-order valence-electron chi connectivity index (χ2n) is 5.00. The van der Waals surface area contributed by atoms with Crippen molar-refractivity contribution in [2.45, 2.75) is 32.1 Å². The molecule has 1 aliphatic carbocycles. The van der Waals surface area contributed by atoms with E-state index >= 15 is 0 Å². The van der Waals surface area contributed by atoms with Crippen molar-refractivity contribution in [3.63, 3.8) is 0 Å². The highest BCUT2D eigenvalue weighted by molar-refractivity contribution is 5.34. The van der Waals surface area contributed by atoms with Crippen LogP contribution in [0.5, 0.6) is 0 Å². The van der Waals surface area contributed by atoms with Crippen LogP contribution in [-0.4, -0.2) is 6.54 Å². The van der Waals surface area contributed by atoms with Crippen LogP contribution in [0.4, 0.5) is 0 Å². The van der Waals surface area contributed by atoms with Crippen molar-refractivity contribution >= 4 is 0 Å². The minimum absolute atomic E-state index is 0.812. The molecule has 1 aliphatic rings. The van der Waals surface area contributed by atoms with Crippen LogP contribution in [0, 0.1) is 0 Å². The molecule has 1 heteroatoms. The van der Waals surface area contributed by atoms with Gasteiger partial charge in [0.05, 0.1) is 0 Å². The molecule has 100 valence electrons. The molecule has 0 heterocycles. The van der Waals surface area contributed by atoms with Crippen LogP contribution >= 0.6 is 0 Å². The molecule has 0 saturated carbocycles. The van der Waals surface area contributed by atoms with Crippen LogP contribution in [0.2, 0.25) is 0 Å². The third-order valence-electron chi connectivity index (χ3n) is 3.54. The first-order chi connectivity index (χ1) is 9.40. The fourth-order valence-corrected chi connectivity index (χ4v) is 2.26. The van der Waals surface area contributed by atoms with Gasteiger partial charge < -0.3 is 5.73 Å². The van der Waals surface area contributed by atoms with Crippen LogP contribution in [0.1, 0.15) is 29.5 Å². The molecule has 0 aliphatic heterocycles. The summed E-state index contributed by atoms with van der Waals surface area (Å²) in [6.07, 6.45) is 6.11. The molecule has 0 radical (unpaired) electrons. The average molecular weight is 253 g/mol. The summed E-state index contributed by atoms with van der Waals surface area (Å²) in [5.74, 6) is 0. The molecule has 2 aromatic rings. The predicted molar refractivity (Wildman–Crippen MR) is 82.3 cm³/mol. The number of rotatable bonds is 4. The lowest BCUT2D eigenvalue weighted by Crippen LogP contribution is -2.06. The van der Waals surface area contributed by atoms with E-state index in [1.54, 1.807) is 11.1 Å². The molecule has 0 bridgehead atoms. The van der Waals surface area contributed by atoms with Crippen molar-refractivity contribution in [2.24, 2.45) is 5.73 Å². The third-order valence-corrected chi connectivity index (χ3v) is 3.54. The van der Waals surface area contributed by atoms with Crippen molar-refractivity contribution in [2.75, 3.05) is 6.54 Å². The molecule has 19 heavy (non-hydrogen) atoms. The van der Waals surface area contributed by atoms with Gasteiger partial charge in [0, 0.05) is 0 Å². The molecular formula is C18H23N. The summed E-state index contributed by atoms with van der Waals surface area (Å²) in [7, 11) is 0. The highest BCUT2D eigenvalue weighted by Crippen LogP contribution is 2.20. The average Bonchev–Trinajstić information content (AvgIpc) is 2.43. The quantitative estimate of drug-likeness (QED) is 0.825. The van der Waals surface area contributed by atoms with E-state index in [0.717, 1.165) is 19.4 Å². The number of hydrogen-bond acceptors (Lipinski definition) is 1. The molecule has 0 amide bonds. The summed E-state index contributed by atoms with van der Waals surface area (Å²) >= 11 is 0. The van der Waals surface area contributed by atoms with E-state index in [-0.39, 0.29) is 0 Å². The van der Waals surface area contributed by atoms with Gasteiger partial charge in [-0.1, -0.05) is 54.6 Å². The van der Waals surface area contributed by atoms with E-state index in [1.807, 2.05) is 6.07 Å². The van der Waals surface area contributed by atoms with Gasteiger partial charge in [0.1, 0.15) is 0 Å². The lowest BCUT2D eigenvalue weighted by molar-refractivity contribution is 0.745. The first kappa shape index (κ1) is 13.8. The summed E-state index contributed by atoms with van der Waals surface area (Å²) < 4.78 is 0. The smallest absolute Gasteiger partial charge is 0.00772 e. The molecule has 0 unspecified atom stereocenters. The first-order valence-electron chi connectivity index (χ1n) is 7.21. The lowest BCUT2D eigenvalue weighted by Gasteiger charge is -2.16. The highest BCUT2D eigenvalue weighted by atomic mass is 14.5. The Kier molecular flexibility index (Phi) is 5.64. The van der Waals surface area contributed by atoms with Crippen molar-refractivity contribution < 1.29 is 0 Å². The van der Waals surface area contributed by atoms with Gasteiger partial charge in [-0.2, -0.15) is 0 Å². The predicted octanol–water partition coefficient (Wildman–Crippen LogP) is 3.75. The van der Waals surface area contributed by atoms with Crippen molar-refractivity contribution in [1.82, 2.24) is 0 Å². The topological polar surface area (TPSA) is 26.0 Å². The molecule has 0 fully saturated rings. The van der Waals surface area contributed by atoms with Crippen LogP contribution in [0.3, 0.4) is 0 Å². The Hall–Kier alpha value is -1.60. The maximum atomic E-state index is 5.39. The number of fused-ring (bicyclic) bond motifs is 1. The zero-order valence-electron chi connectivity index (χ0n) is 11.5. The zero-order chi connectivity index (χ0) is 13.3. The van der Waals surface area contributed by atoms with Crippen LogP contribution < -0.4 is 5.73 Å². The first-order valence-corrected chi connectivity index (χ1v) is 7.21. The number of unbranched alkanes of at least 4 members (excludes halogenated alkanes) is 1. The van der Waals surface area contributed by atoms with E-state index in [4.69, 9.17) is 5.73 Å². The molecule has 0 spiro atoms. The van der Waals surface area contributed by atoms with E-state index < -0.39 is 0 Å². The van der Waals surface area contributed by atoms with Crippen LogP contribution in [0.15, 0.2) is 54.6 Å². The summed E-state index contributed by atoms with van der Waals surface area (Å²) in [5, 5.41) is 0. The Balaban J connectivity index is 0.000000146. The minimum Gasteiger partial charge on any atom is -0.330 e. The minimum atomic E-state index is 0.812. The molecule has 1 nitrogen and oxygen atoms in total. The Labute approximate surface area is 116 Å². The fraction of sp³-hybridized carbons (Fsp3) is 0.333. The summed E-state index contributed by atoms with van der Waals surface area (Å²) in [6.45, 7) is 0.812. The molecule has 3 rings (SSSR count). The van der Waals surface area contributed by atoms with Gasteiger partial charge in [-0.15, -0.1) is 0 Å². The van der Waals surface area contributed by atoms with Gasteiger partial charge in [0.2, 0.25) is 0 Å². The fourth-order valence-electron chi connectivity index (χ4n) is 2.26. The molecule has 0 saturated heterocycles. The largest absolute Gasteiger partial charge is 0.330 e. The Morgan fingerprint density at radius 1 is 0.737 bits per heavy atom. The number of nitrogens with two attached hydrogens (primary N) is 1. The number of benzene rings is 2. The van der Waals surface area contributed by atoms with Gasteiger partial charge >= 0.3 is 0 Å². The molecule has 0 aromatic heterocycles. The SMILES string of the molecule is NCCCCc1ccccc1.c1ccc2c(c1)CC2. The van der Waals surface area contributed by atoms with Gasteiger partial charge in [-0.05, 0) is 55.3 Å². The highest BCUT2D eigenvalue weighted by Gasteiger charge is 2.09. The summed E-state index contributed by atoms with van der Waals surface area (Å²) in [6, 6.07) is 19.2.